The number of hydrogen-bond donors (Lipinski definition) is 0. The van der Waals surface area contributed by atoms with Gasteiger partial charge in [-0.1, -0.05) is 18.5 Å². The van der Waals surface area contributed by atoms with Crippen LogP contribution in [0.5, 0.6) is 0 Å². The van der Waals surface area contributed by atoms with Gasteiger partial charge in [-0.15, -0.1) is 0 Å². The number of anilines is 1. The summed E-state index contributed by atoms with van der Waals surface area (Å²) in [6.45, 7) is 3.66. The summed E-state index contributed by atoms with van der Waals surface area (Å²) in [5, 5.41) is 9.64. The number of halogens is 2. The number of methoxy groups -OCH3 is 1. The second-order valence-corrected chi connectivity index (χ2v) is 7.16. The Bertz CT molecular complexity index is 578. The maximum atomic E-state index is 9.18. The number of nitrogens with zero attached hydrogens (tertiary/aromatic N) is 4. The van der Waals surface area contributed by atoms with Gasteiger partial charge in [-0.25, -0.2) is 9.97 Å². The van der Waals surface area contributed by atoms with Gasteiger partial charge in [-0.2, -0.15) is 5.26 Å². The molecule has 1 aliphatic heterocycles. The van der Waals surface area contributed by atoms with Gasteiger partial charge in [0.25, 0.3) is 0 Å². The van der Waals surface area contributed by atoms with Crippen molar-refractivity contribution in [2.24, 2.45) is 5.92 Å². The van der Waals surface area contributed by atoms with Crippen LogP contribution in [0.2, 0.25) is 5.15 Å². The second-order valence-electron chi connectivity index (χ2n) is 5.78. The molecule has 1 fully saturated rings. The van der Waals surface area contributed by atoms with Crippen molar-refractivity contribution in [3.05, 3.63) is 14.5 Å². The zero-order chi connectivity index (χ0) is 16.8. The number of rotatable bonds is 6. The molecule has 1 saturated heterocycles. The summed E-state index contributed by atoms with van der Waals surface area (Å²) < 4.78 is 5.97. The molecule has 1 aliphatic rings. The largest absolute Gasteiger partial charge is 0.385 e. The molecule has 0 aromatic carbocycles. The maximum Gasteiger partial charge on any atom is 0.172 e. The molecular weight excluding hydrogens is 427 g/mol. The average molecular weight is 449 g/mol. The highest BCUT2D eigenvalue weighted by molar-refractivity contribution is 14.1. The normalized spacial score (nSPS) is 21.3. The lowest BCUT2D eigenvalue weighted by Gasteiger charge is -2.38. The van der Waals surface area contributed by atoms with E-state index in [0.717, 1.165) is 53.9 Å². The molecule has 0 saturated carbocycles. The van der Waals surface area contributed by atoms with Crippen molar-refractivity contribution in [2.45, 2.75) is 45.1 Å². The van der Waals surface area contributed by atoms with Gasteiger partial charge in [-0.3, -0.25) is 0 Å². The van der Waals surface area contributed by atoms with Crippen LogP contribution >= 0.6 is 34.2 Å². The Morgan fingerprint density at radius 3 is 2.91 bits per heavy atom. The molecule has 2 heterocycles. The monoisotopic (exact) mass is 448 g/mol. The Kier molecular flexibility index (Phi) is 7.31. The Morgan fingerprint density at radius 1 is 1.48 bits per heavy atom. The Hall–Kier alpha value is -0.650. The Balaban J connectivity index is 2.23. The summed E-state index contributed by atoms with van der Waals surface area (Å²) in [5.41, 5.74) is 0.972. The highest BCUT2D eigenvalue weighted by atomic mass is 127. The lowest BCUT2D eigenvalue weighted by atomic mass is 9.90. The van der Waals surface area contributed by atoms with Crippen molar-refractivity contribution in [2.75, 3.05) is 25.2 Å². The molecule has 2 rings (SSSR count). The fourth-order valence-electron chi connectivity index (χ4n) is 2.98. The van der Waals surface area contributed by atoms with Gasteiger partial charge < -0.3 is 9.64 Å². The van der Waals surface area contributed by atoms with E-state index in [2.05, 4.69) is 45.5 Å². The van der Waals surface area contributed by atoms with Crippen LogP contribution in [-0.2, 0) is 11.2 Å². The third-order valence-corrected chi connectivity index (χ3v) is 5.38. The topological polar surface area (TPSA) is 62.0 Å². The molecule has 0 bridgehead atoms. The summed E-state index contributed by atoms with van der Waals surface area (Å²) in [7, 11) is 1.70. The number of nitriles is 1. The minimum Gasteiger partial charge on any atom is -0.385 e. The summed E-state index contributed by atoms with van der Waals surface area (Å²) in [6, 6.07) is 2.70. The van der Waals surface area contributed by atoms with E-state index in [4.69, 9.17) is 21.3 Å². The lowest BCUT2D eigenvalue weighted by Crippen LogP contribution is -2.43. The van der Waals surface area contributed by atoms with Crippen LogP contribution in [-0.4, -0.2) is 36.3 Å². The molecular formula is C16H22ClIN4O. The number of ether oxygens (including phenoxy) is 1. The third-order valence-electron chi connectivity index (χ3n) is 4.26. The molecule has 126 valence electrons. The van der Waals surface area contributed by atoms with Gasteiger partial charge in [0.2, 0.25) is 0 Å². The second kappa shape index (κ2) is 9.00. The number of piperidine rings is 1. The van der Waals surface area contributed by atoms with Gasteiger partial charge in [0.05, 0.1) is 11.8 Å². The fraction of sp³-hybridized carbons (Fsp3) is 0.688. The van der Waals surface area contributed by atoms with E-state index in [1.54, 1.807) is 7.11 Å². The summed E-state index contributed by atoms with van der Waals surface area (Å²) in [6.07, 6.45) is 4.44. The maximum absolute atomic E-state index is 9.18. The van der Waals surface area contributed by atoms with Gasteiger partial charge >= 0.3 is 0 Å². The van der Waals surface area contributed by atoms with Crippen LogP contribution in [0.4, 0.5) is 5.82 Å². The first-order valence-corrected chi connectivity index (χ1v) is 9.43. The lowest BCUT2D eigenvalue weighted by molar-refractivity contribution is 0.195. The summed E-state index contributed by atoms with van der Waals surface area (Å²) in [5.74, 6) is 0.899. The van der Waals surface area contributed by atoms with E-state index in [1.807, 2.05) is 0 Å². The first-order valence-electron chi connectivity index (χ1n) is 7.97. The Morgan fingerprint density at radius 2 is 2.26 bits per heavy atom. The molecule has 1 aromatic heterocycles. The molecule has 5 nitrogen and oxygen atoms in total. The van der Waals surface area contributed by atoms with Gasteiger partial charge in [-0.05, 0) is 54.7 Å². The van der Waals surface area contributed by atoms with Gasteiger partial charge in [0.15, 0.2) is 11.0 Å². The molecule has 0 spiro atoms. The van der Waals surface area contributed by atoms with Crippen molar-refractivity contribution in [1.82, 2.24) is 9.97 Å². The van der Waals surface area contributed by atoms with Crippen molar-refractivity contribution >= 4 is 40.0 Å². The van der Waals surface area contributed by atoms with Gasteiger partial charge in [0.1, 0.15) is 3.70 Å². The molecule has 0 aliphatic carbocycles. The molecule has 1 aromatic rings. The van der Waals surface area contributed by atoms with Crippen molar-refractivity contribution in [3.8, 4) is 6.07 Å². The van der Waals surface area contributed by atoms with Crippen LogP contribution in [0.3, 0.4) is 0 Å². The van der Waals surface area contributed by atoms with E-state index in [0.29, 0.717) is 17.8 Å². The molecule has 7 heteroatoms. The third kappa shape index (κ3) is 4.68. The van der Waals surface area contributed by atoms with E-state index >= 15 is 0 Å². The molecule has 0 radical (unpaired) electrons. The molecule has 0 amide bonds. The van der Waals surface area contributed by atoms with E-state index in [-0.39, 0.29) is 5.92 Å². The van der Waals surface area contributed by atoms with E-state index < -0.39 is 0 Å². The molecule has 0 N–H and O–H groups in total. The van der Waals surface area contributed by atoms with Crippen LogP contribution in [0, 0.1) is 20.9 Å². The average Bonchev–Trinajstić information content (AvgIpc) is 2.56. The quantitative estimate of drug-likeness (QED) is 0.489. The molecule has 23 heavy (non-hydrogen) atoms. The minimum absolute atomic E-state index is 0.132. The van der Waals surface area contributed by atoms with Crippen LogP contribution in [0.25, 0.3) is 0 Å². The zero-order valence-corrected chi connectivity index (χ0v) is 16.5. The standard InChI is InChI=1S/C16H22ClIN4O/c1-3-12-9-11(10-19)6-7-22(12)16-14(17)21-15(18)13(20-16)5-4-8-23-2/h11-12H,3-9H2,1-2H3. The SMILES string of the molecule is CCC1CC(C#N)CCN1c1nc(CCCOC)c(I)nc1Cl. The number of hydrogen-bond acceptors (Lipinski definition) is 5. The Labute approximate surface area is 156 Å². The number of aryl methyl sites for hydroxylation is 1. The van der Waals surface area contributed by atoms with E-state index in [1.165, 1.54) is 0 Å². The first-order chi connectivity index (χ1) is 11.1. The fourth-order valence-corrected chi connectivity index (χ4v) is 3.99. The molecule has 2 unspecified atom stereocenters. The van der Waals surface area contributed by atoms with Crippen LogP contribution in [0.1, 0.15) is 38.3 Å². The highest BCUT2D eigenvalue weighted by Gasteiger charge is 2.30. The predicted octanol–water partition coefficient (Wildman–Crippen LogP) is 3.83. The van der Waals surface area contributed by atoms with Crippen molar-refractivity contribution in [3.63, 3.8) is 0 Å². The first kappa shape index (κ1) is 18.7. The zero-order valence-electron chi connectivity index (χ0n) is 13.6. The number of aromatic nitrogens is 2. The summed E-state index contributed by atoms with van der Waals surface area (Å²) >= 11 is 8.57. The van der Waals surface area contributed by atoms with Crippen molar-refractivity contribution < 1.29 is 4.74 Å². The predicted molar refractivity (Wildman–Crippen MR) is 99.7 cm³/mol. The van der Waals surface area contributed by atoms with Crippen LogP contribution in [0.15, 0.2) is 0 Å². The summed E-state index contributed by atoms with van der Waals surface area (Å²) in [4.78, 5) is 11.5. The highest BCUT2D eigenvalue weighted by Crippen LogP contribution is 2.32. The van der Waals surface area contributed by atoms with Crippen molar-refractivity contribution in [1.29, 1.82) is 5.26 Å². The van der Waals surface area contributed by atoms with Crippen LogP contribution < -0.4 is 4.90 Å². The minimum atomic E-state index is 0.132. The molecule has 2 atom stereocenters. The smallest absolute Gasteiger partial charge is 0.172 e. The van der Waals surface area contributed by atoms with E-state index in [9.17, 15) is 5.26 Å². The van der Waals surface area contributed by atoms with Gasteiger partial charge in [0, 0.05) is 32.2 Å².